The predicted octanol–water partition coefficient (Wildman–Crippen LogP) is 1.81. The summed E-state index contributed by atoms with van der Waals surface area (Å²) in [6.07, 6.45) is 0.595. The highest BCUT2D eigenvalue weighted by atomic mass is 19.2. The maximum Gasteiger partial charge on any atom is 0.251 e. The zero-order valence-corrected chi connectivity index (χ0v) is 16.5. The van der Waals surface area contributed by atoms with Crippen LogP contribution >= 0.6 is 0 Å². The average Bonchev–Trinajstić information content (AvgIpc) is 2.76. The SMILES string of the molecule is CN=C(NCCc1cccc(C(=O)NC)c1)NCC(=O)Nc1ccc(F)c(F)c1F. The van der Waals surface area contributed by atoms with Crippen LogP contribution in [-0.2, 0) is 11.2 Å². The van der Waals surface area contributed by atoms with Gasteiger partial charge in [-0.25, -0.2) is 13.2 Å². The first-order valence-corrected chi connectivity index (χ1v) is 9.04. The van der Waals surface area contributed by atoms with Gasteiger partial charge in [0.25, 0.3) is 5.91 Å². The molecule has 0 fully saturated rings. The highest BCUT2D eigenvalue weighted by molar-refractivity contribution is 5.95. The molecule has 30 heavy (non-hydrogen) atoms. The lowest BCUT2D eigenvalue weighted by atomic mass is 10.1. The standard InChI is InChI=1S/C20H22F3N5O2/c1-24-19(30)13-5-3-4-12(10-13)8-9-26-20(25-2)27-11-16(29)28-15-7-6-14(21)17(22)18(15)23/h3-7,10H,8-9,11H2,1-2H3,(H,24,30)(H,28,29)(H2,25,26,27). The number of benzene rings is 2. The zero-order chi connectivity index (χ0) is 22.1. The molecule has 2 amide bonds. The van der Waals surface area contributed by atoms with Gasteiger partial charge in [0.05, 0.1) is 12.2 Å². The number of guanidine groups is 1. The Bertz CT molecular complexity index is 950. The van der Waals surface area contributed by atoms with Crippen LogP contribution in [0.2, 0.25) is 0 Å². The molecule has 0 atom stereocenters. The number of anilines is 1. The molecule has 0 aromatic heterocycles. The second-order valence-corrected chi connectivity index (χ2v) is 6.15. The van der Waals surface area contributed by atoms with Crippen LogP contribution in [0, 0.1) is 17.5 Å². The fourth-order valence-corrected chi connectivity index (χ4v) is 2.54. The maximum atomic E-state index is 13.6. The normalized spacial score (nSPS) is 11.0. The Morgan fingerprint density at radius 3 is 2.50 bits per heavy atom. The van der Waals surface area contributed by atoms with Crippen LogP contribution < -0.4 is 21.3 Å². The number of hydrogen-bond donors (Lipinski definition) is 4. The predicted molar refractivity (Wildman–Crippen MR) is 108 cm³/mol. The van der Waals surface area contributed by atoms with E-state index in [1.54, 1.807) is 25.2 Å². The molecule has 0 aliphatic heterocycles. The van der Waals surface area contributed by atoms with Gasteiger partial charge < -0.3 is 21.3 Å². The summed E-state index contributed by atoms with van der Waals surface area (Å²) in [5.74, 6) is -4.98. The first-order chi connectivity index (χ1) is 14.3. The Kier molecular flexibility index (Phi) is 8.21. The van der Waals surface area contributed by atoms with E-state index in [4.69, 9.17) is 0 Å². The van der Waals surface area contributed by atoms with E-state index in [0.29, 0.717) is 24.5 Å². The molecule has 0 radical (unpaired) electrons. The second-order valence-electron chi connectivity index (χ2n) is 6.15. The largest absolute Gasteiger partial charge is 0.356 e. The molecular formula is C20H22F3N5O2. The van der Waals surface area contributed by atoms with Crippen molar-refractivity contribution in [1.29, 1.82) is 0 Å². The van der Waals surface area contributed by atoms with Gasteiger partial charge in [-0.3, -0.25) is 14.6 Å². The first kappa shape index (κ1) is 22.7. The minimum atomic E-state index is -1.65. The van der Waals surface area contributed by atoms with Crippen LogP contribution in [0.25, 0.3) is 0 Å². The number of nitrogens with zero attached hydrogens (tertiary/aromatic N) is 1. The molecular weight excluding hydrogens is 399 g/mol. The summed E-state index contributed by atoms with van der Waals surface area (Å²) in [5, 5.41) is 10.5. The first-order valence-electron chi connectivity index (χ1n) is 9.04. The van der Waals surface area contributed by atoms with Crippen molar-refractivity contribution in [2.75, 3.05) is 32.5 Å². The number of nitrogens with one attached hydrogen (secondary N) is 4. The number of rotatable bonds is 7. The molecule has 2 aromatic rings. The van der Waals surface area contributed by atoms with Crippen molar-refractivity contribution >= 4 is 23.5 Å². The Hall–Kier alpha value is -3.56. The van der Waals surface area contributed by atoms with Gasteiger partial charge in [0.15, 0.2) is 23.4 Å². The third-order valence-corrected chi connectivity index (χ3v) is 4.07. The van der Waals surface area contributed by atoms with Gasteiger partial charge in [0, 0.05) is 26.2 Å². The smallest absolute Gasteiger partial charge is 0.251 e. The van der Waals surface area contributed by atoms with Crippen LogP contribution in [-0.4, -0.2) is 45.0 Å². The van der Waals surface area contributed by atoms with Crippen LogP contribution in [0.1, 0.15) is 15.9 Å². The fourth-order valence-electron chi connectivity index (χ4n) is 2.54. The van der Waals surface area contributed by atoms with Crippen LogP contribution in [0.15, 0.2) is 41.4 Å². The van der Waals surface area contributed by atoms with Gasteiger partial charge in [0.1, 0.15) is 0 Å². The van der Waals surface area contributed by atoms with E-state index in [0.717, 1.165) is 17.7 Å². The van der Waals surface area contributed by atoms with E-state index in [9.17, 15) is 22.8 Å². The van der Waals surface area contributed by atoms with Crippen molar-refractivity contribution in [2.45, 2.75) is 6.42 Å². The number of aliphatic imine (C=N–C) groups is 1. The van der Waals surface area contributed by atoms with Crippen molar-refractivity contribution in [3.8, 4) is 0 Å². The molecule has 0 spiro atoms. The van der Waals surface area contributed by atoms with Crippen molar-refractivity contribution in [2.24, 2.45) is 4.99 Å². The van der Waals surface area contributed by atoms with E-state index < -0.39 is 29.0 Å². The Morgan fingerprint density at radius 1 is 1.03 bits per heavy atom. The average molecular weight is 421 g/mol. The number of hydrogen-bond acceptors (Lipinski definition) is 3. The molecule has 0 aliphatic rings. The summed E-state index contributed by atoms with van der Waals surface area (Å²) in [6, 6.07) is 8.82. The van der Waals surface area contributed by atoms with Gasteiger partial charge in [-0.2, -0.15) is 0 Å². The Balaban J connectivity index is 1.82. The minimum Gasteiger partial charge on any atom is -0.356 e. The number of carbonyl (C=O) groups is 2. The molecule has 4 N–H and O–H groups in total. The summed E-state index contributed by atoms with van der Waals surface area (Å²) >= 11 is 0. The molecule has 7 nitrogen and oxygen atoms in total. The Morgan fingerprint density at radius 2 is 1.80 bits per heavy atom. The second kappa shape index (κ2) is 10.8. The lowest BCUT2D eigenvalue weighted by Crippen LogP contribution is -2.42. The van der Waals surface area contributed by atoms with Gasteiger partial charge in [-0.05, 0) is 36.2 Å². The molecule has 0 aliphatic carbocycles. The van der Waals surface area contributed by atoms with Gasteiger partial charge in [-0.1, -0.05) is 12.1 Å². The zero-order valence-electron chi connectivity index (χ0n) is 16.5. The van der Waals surface area contributed by atoms with Crippen LogP contribution in [0.5, 0.6) is 0 Å². The summed E-state index contributed by atoms with van der Waals surface area (Å²) < 4.78 is 39.7. The molecule has 0 heterocycles. The third kappa shape index (κ3) is 6.23. The fraction of sp³-hybridized carbons (Fsp3) is 0.250. The molecule has 0 bridgehead atoms. The van der Waals surface area contributed by atoms with Crippen LogP contribution in [0.3, 0.4) is 0 Å². The quantitative estimate of drug-likeness (QED) is 0.312. The number of amides is 2. The topological polar surface area (TPSA) is 94.6 Å². The molecule has 0 unspecified atom stereocenters. The van der Waals surface area contributed by atoms with Crippen molar-refractivity contribution in [3.63, 3.8) is 0 Å². The molecule has 2 rings (SSSR count). The van der Waals surface area contributed by atoms with E-state index in [1.807, 2.05) is 6.07 Å². The van der Waals surface area contributed by atoms with Gasteiger partial charge >= 0.3 is 0 Å². The monoisotopic (exact) mass is 421 g/mol. The lowest BCUT2D eigenvalue weighted by molar-refractivity contribution is -0.115. The summed E-state index contributed by atoms with van der Waals surface area (Å²) in [5.41, 5.74) is 1.03. The molecule has 10 heteroatoms. The third-order valence-electron chi connectivity index (χ3n) is 4.07. The molecule has 0 saturated heterocycles. The van der Waals surface area contributed by atoms with Crippen molar-refractivity contribution < 1.29 is 22.8 Å². The van der Waals surface area contributed by atoms with Crippen LogP contribution in [0.4, 0.5) is 18.9 Å². The van der Waals surface area contributed by atoms with Gasteiger partial charge in [0.2, 0.25) is 5.91 Å². The minimum absolute atomic E-state index is 0.175. The van der Waals surface area contributed by atoms with E-state index >= 15 is 0 Å². The van der Waals surface area contributed by atoms with Gasteiger partial charge in [-0.15, -0.1) is 0 Å². The molecule has 160 valence electrons. The summed E-state index contributed by atoms with van der Waals surface area (Å²) in [4.78, 5) is 27.6. The summed E-state index contributed by atoms with van der Waals surface area (Å²) in [7, 11) is 3.07. The summed E-state index contributed by atoms with van der Waals surface area (Å²) in [6.45, 7) is 0.195. The van der Waals surface area contributed by atoms with E-state index in [1.165, 1.54) is 7.05 Å². The highest BCUT2D eigenvalue weighted by Crippen LogP contribution is 2.19. The number of halogens is 3. The number of carbonyl (C=O) groups excluding carboxylic acids is 2. The van der Waals surface area contributed by atoms with E-state index in [2.05, 4.69) is 26.3 Å². The van der Waals surface area contributed by atoms with E-state index in [-0.39, 0.29) is 12.5 Å². The van der Waals surface area contributed by atoms with Crippen molar-refractivity contribution in [3.05, 3.63) is 65.0 Å². The molecule has 2 aromatic carbocycles. The lowest BCUT2D eigenvalue weighted by Gasteiger charge is -2.13. The molecule has 0 saturated carbocycles. The highest BCUT2D eigenvalue weighted by Gasteiger charge is 2.15. The van der Waals surface area contributed by atoms with Crippen molar-refractivity contribution in [1.82, 2.24) is 16.0 Å². The Labute approximate surface area is 171 Å². The maximum absolute atomic E-state index is 13.6.